The van der Waals surface area contributed by atoms with Crippen LogP contribution in [0.1, 0.15) is 0 Å². The van der Waals surface area contributed by atoms with Crippen molar-refractivity contribution in [2.75, 3.05) is 43.4 Å². The lowest BCUT2D eigenvalue weighted by atomic mass is 10.2. The van der Waals surface area contributed by atoms with E-state index in [2.05, 4.69) is 37.9 Å². The van der Waals surface area contributed by atoms with Crippen molar-refractivity contribution < 1.29 is 9.50 Å². The number of hydrogen-bond donors (Lipinski definition) is 1. The van der Waals surface area contributed by atoms with Gasteiger partial charge in [0.25, 0.3) is 0 Å². The van der Waals surface area contributed by atoms with E-state index in [0.717, 1.165) is 36.3 Å². The number of benzene rings is 2. The smallest absolute Gasteiger partial charge is 0.123 e. The number of anilines is 1. The lowest BCUT2D eigenvalue weighted by molar-refractivity contribution is 0.126. The monoisotopic (exact) mass is 424 g/mol. The second kappa shape index (κ2) is 9.03. The molecule has 25 heavy (non-hydrogen) atoms. The maximum Gasteiger partial charge on any atom is 0.123 e. The Bertz CT molecular complexity index is 660. The highest BCUT2D eigenvalue weighted by Crippen LogP contribution is 2.22. The fourth-order valence-electron chi connectivity index (χ4n) is 2.91. The topological polar surface area (TPSA) is 26.7 Å². The first kappa shape index (κ1) is 18.7. The van der Waals surface area contributed by atoms with Crippen LogP contribution < -0.4 is 4.90 Å². The van der Waals surface area contributed by atoms with E-state index in [0.29, 0.717) is 12.3 Å². The zero-order chi connectivity index (χ0) is 17.6. The molecule has 0 saturated carbocycles. The van der Waals surface area contributed by atoms with Crippen molar-refractivity contribution in [1.29, 1.82) is 0 Å². The Kier molecular flexibility index (Phi) is 6.76. The average molecular weight is 425 g/mol. The lowest BCUT2D eigenvalue weighted by Gasteiger charge is -2.36. The second-order valence-corrected chi connectivity index (χ2v) is 8.19. The highest BCUT2D eigenvalue weighted by atomic mass is 79.9. The van der Waals surface area contributed by atoms with Crippen molar-refractivity contribution in [2.24, 2.45) is 0 Å². The summed E-state index contributed by atoms with van der Waals surface area (Å²) in [5.41, 5.74) is 1.06. The summed E-state index contributed by atoms with van der Waals surface area (Å²) in [5.74, 6) is 0.494. The van der Waals surface area contributed by atoms with Crippen molar-refractivity contribution >= 4 is 33.4 Å². The van der Waals surface area contributed by atoms with Gasteiger partial charge in [0.15, 0.2) is 0 Å². The van der Waals surface area contributed by atoms with Crippen molar-refractivity contribution in [2.45, 2.75) is 11.0 Å². The van der Waals surface area contributed by atoms with Crippen LogP contribution >= 0.6 is 27.7 Å². The summed E-state index contributed by atoms with van der Waals surface area (Å²) < 4.78 is 14.1. The van der Waals surface area contributed by atoms with Crippen molar-refractivity contribution in [3.8, 4) is 0 Å². The van der Waals surface area contributed by atoms with E-state index in [1.807, 2.05) is 24.3 Å². The predicted molar refractivity (Wildman–Crippen MR) is 106 cm³/mol. The SMILES string of the molecule is OC(CSc1ccc(Br)cc1)CN1CCN(c2ccc(F)cc2)CC1. The molecule has 3 rings (SSSR count). The van der Waals surface area contributed by atoms with E-state index < -0.39 is 0 Å². The summed E-state index contributed by atoms with van der Waals surface area (Å²) in [5, 5.41) is 10.3. The molecule has 0 amide bonds. The van der Waals surface area contributed by atoms with Gasteiger partial charge in [-0.05, 0) is 48.5 Å². The van der Waals surface area contributed by atoms with Gasteiger partial charge in [0.1, 0.15) is 5.82 Å². The molecule has 3 nitrogen and oxygen atoms in total. The molecule has 0 bridgehead atoms. The van der Waals surface area contributed by atoms with Gasteiger partial charge in [0.2, 0.25) is 0 Å². The number of halogens is 2. The van der Waals surface area contributed by atoms with Gasteiger partial charge in [-0.1, -0.05) is 15.9 Å². The van der Waals surface area contributed by atoms with Crippen LogP contribution in [0, 0.1) is 5.82 Å². The Morgan fingerprint density at radius 1 is 1.00 bits per heavy atom. The summed E-state index contributed by atoms with van der Waals surface area (Å²) in [6, 6.07) is 14.8. The third-order valence-electron chi connectivity index (χ3n) is 4.29. The lowest BCUT2D eigenvalue weighted by Crippen LogP contribution is -2.48. The van der Waals surface area contributed by atoms with Crippen LogP contribution in [0.15, 0.2) is 57.9 Å². The summed E-state index contributed by atoms with van der Waals surface area (Å²) in [6.07, 6.45) is -0.342. The average Bonchev–Trinajstić information content (AvgIpc) is 2.63. The van der Waals surface area contributed by atoms with Crippen LogP contribution in [0.4, 0.5) is 10.1 Å². The molecular formula is C19H22BrFN2OS. The number of thioether (sulfide) groups is 1. The molecule has 1 heterocycles. The number of hydrogen-bond acceptors (Lipinski definition) is 4. The van der Waals surface area contributed by atoms with Gasteiger partial charge in [-0.25, -0.2) is 4.39 Å². The summed E-state index contributed by atoms with van der Waals surface area (Å²) >= 11 is 5.11. The first-order valence-electron chi connectivity index (χ1n) is 8.39. The minimum Gasteiger partial charge on any atom is -0.391 e. The summed E-state index contributed by atoms with van der Waals surface area (Å²) in [6.45, 7) is 4.33. The second-order valence-electron chi connectivity index (χ2n) is 6.18. The normalized spacial score (nSPS) is 16.8. The van der Waals surface area contributed by atoms with E-state index in [1.54, 1.807) is 11.8 Å². The van der Waals surface area contributed by atoms with Crippen molar-refractivity contribution in [3.05, 3.63) is 58.8 Å². The molecule has 1 aliphatic heterocycles. The highest BCUT2D eigenvalue weighted by Gasteiger charge is 2.19. The van der Waals surface area contributed by atoms with Crippen molar-refractivity contribution in [1.82, 2.24) is 4.90 Å². The number of aliphatic hydroxyl groups is 1. The van der Waals surface area contributed by atoms with Crippen LogP contribution in [0.2, 0.25) is 0 Å². The standard InChI is InChI=1S/C19H22BrFN2OS/c20-15-1-7-19(8-2-15)25-14-18(24)13-22-9-11-23(12-10-22)17-5-3-16(21)4-6-17/h1-8,18,24H,9-14H2. The quantitative estimate of drug-likeness (QED) is 0.712. The Morgan fingerprint density at radius 2 is 1.64 bits per heavy atom. The Morgan fingerprint density at radius 3 is 2.28 bits per heavy atom. The van der Waals surface area contributed by atoms with Gasteiger partial charge in [-0.2, -0.15) is 0 Å². The zero-order valence-corrected chi connectivity index (χ0v) is 16.3. The maximum atomic E-state index is 13.0. The molecule has 2 aromatic carbocycles. The maximum absolute atomic E-state index is 13.0. The van der Waals surface area contributed by atoms with Crippen LogP contribution in [-0.2, 0) is 0 Å². The van der Waals surface area contributed by atoms with E-state index in [-0.39, 0.29) is 11.9 Å². The van der Waals surface area contributed by atoms with Crippen molar-refractivity contribution in [3.63, 3.8) is 0 Å². The van der Waals surface area contributed by atoms with Gasteiger partial charge in [-0.3, -0.25) is 4.90 Å². The molecule has 1 atom stereocenters. The number of aliphatic hydroxyl groups excluding tert-OH is 1. The number of piperazine rings is 1. The summed E-state index contributed by atoms with van der Waals surface area (Å²) in [4.78, 5) is 5.73. The minimum absolute atomic E-state index is 0.200. The third kappa shape index (κ3) is 5.71. The molecule has 1 unspecified atom stereocenters. The fourth-order valence-corrected chi connectivity index (χ4v) is 4.00. The molecule has 0 spiro atoms. The molecule has 6 heteroatoms. The molecular weight excluding hydrogens is 403 g/mol. The zero-order valence-electron chi connectivity index (χ0n) is 13.9. The largest absolute Gasteiger partial charge is 0.391 e. The molecule has 0 aliphatic carbocycles. The minimum atomic E-state index is -0.342. The predicted octanol–water partition coefficient (Wildman–Crippen LogP) is 3.86. The Balaban J connectivity index is 1.40. The molecule has 1 fully saturated rings. The molecule has 1 saturated heterocycles. The van der Waals surface area contributed by atoms with Crippen LogP contribution in [0.3, 0.4) is 0 Å². The Hall–Kier alpha value is -1.08. The number of nitrogens with zero attached hydrogens (tertiary/aromatic N) is 2. The molecule has 1 aliphatic rings. The molecule has 0 radical (unpaired) electrons. The van der Waals surface area contributed by atoms with E-state index in [9.17, 15) is 9.50 Å². The first-order chi connectivity index (χ1) is 12.1. The number of rotatable bonds is 6. The van der Waals surface area contributed by atoms with Crippen LogP contribution in [0.5, 0.6) is 0 Å². The molecule has 0 aromatic heterocycles. The first-order valence-corrected chi connectivity index (χ1v) is 10.2. The van der Waals surface area contributed by atoms with Gasteiger partial charge in [-0.15, -0.1) is 11.8 Å². The van der Waals surface area contributed by atoms with Crippen LogP contribution in [0.25, 0.3) is 0 Å². The van der Waals surface area contributed by atoms with Gasteiger partial charge in [0.05, 0.1) is 6.10 Å². The molecule has 1 N–H and O–H groups in total. The highest BCUT2D eigenvalue weighted by molar-refractivity contribution is 9.10. The third-order valence-corrected chi connectivity index (χ3v) is 5.97. The van der Waals surface area contributed by atoms with Gasteiger partial charge >= 0.3 is 0 Å². The summed E-state index contributed by atoms with van der Waals surface area (Å²) in [7, 11) is 0. The van der Waals surface area contributed by atoms with Gasteiger partial charge in [0, 0.05) is 53.5 Å². The van der Waals surface area contributed by atoms with E-state index in [1.165, 1.54) is 17.0 Å². The van der Waals surface area contributed by atoms with Gasteiger partial charge < -0.3 is 10.0 Å². The van der Waals surface area contributed by atoms with E-state index >= 15 is 0 Å². The Labute approximate surface area is 161 Å². The van der Waals surface area contributed by atoms with E-state index in [4.69, 9.17) is 0 Å². The fraction of sp³-hybridized carbons (Fsp3) is 0.368. The molecule has 2 aromatic rings. The number of β-amino-alcohol motifs (C(OH)–C–C–N with tert-alkyl or cyclic N) is 1. The van der Waals surface area contributed by atoms with Crippen LogP contribution in [-0.4, -0.2) is 54.6 Å². The molecule has 134 valence electrons.